The van der Waals surface area contributed by atoms with Gasteiger partial charge in [0.25, 0.3) is 5.91 Å². The standard InChI is InChI=1S/C11H17NO3/c1-11(2,3)8-9(13)12-6-4-5-7(12)10(14)15-8/h7-8H,4-6H2,1-3H3/t7-,8-/m0/s1. The highest BCUT2D eigenvalue weighted by Crippen LogP contribution is 2.32. The van der Waals surface area contributed by atoms with Crippen molar-refractivity contribution in [3.63, 3.8) is 0 Å². The number of hydrogen-bond acceptors (Lipinski definition) is 3. The van der Waals surface area contributed by atoms with Crippen LogP contribution in [0, 0.1) is 5.41 Å². The Morgan fingerprint density at radius 1 is 1.33 bits per heavy atom. The largest absolute Gasteiger partial charge is 0.450 e. The Morgan fingerprint density at radius 2 is 2.00 bits per heavy atom. The van der Waals surface area contributed by atoms with Crippen LogP contribution in [-0.4, -0.2) is 35.5 Å². The number of rotatable bonds is 0. The SMILES string of the molecule is CC(C)(C)[C@H]1OC(=O)[C@@H]2CCCN2C1=O. The first-order chi connectivity index (χ1) is 6.91. The molecule has 0 aliphatic carbocycles. The van der Waals surface area contributed by atoms with Crippen molar-refractivity contribution in [1.82, 2.24) is 4.90 Å². The monoisotopic (exact) mass is 211 g/mol. The maximum absolute atomic E-state index is 12.0. The molecule has 0 bridgehead atoms. The van der Waals surface area contributed by atoms with Crippen molar-refractivity contribution in [3.05, 3.63) is 0 Å². The summed E-state index contributed by atoms with van der Waals surface area (Å²) in [5.41, 5.74) is -0.319. The van der Waals surface area contributed by atoms with E-state index in [0.29, 0.717) is 6.54 Å². The van der Waals surface area contributed by atoms with Gasteiger partial charge in [-0.15, -0.1) is 0 Å². The highest BCUT2D eigenvalue weighted by molar-refractivity contribution is 5.93. The second-order valence-electron chi connectivity index (χ2n) is 5.37. The lowest BCUT2D eigenvalue weighted by atomic mass is 9.87. The van der Waals surface area contributed by atoms with Gasteiger partial charge in [0.15, 0.2) is 6.10 Å². The van der Waals surface area contributed by atoms with E-state index in [2.05, 4.69) is 0 Å². The van der Waals surface area contributed by atoms with Crippen LogP contribution in [0.15, 0.2) is 0 Å². The van der Waals surface area contributed by atoms with Gasteiger partial charge in [-0.2, -0.15) is 0 Å². The van der Waals surface area contributed by atoms with Crippen molar-refractivity contribution in [3.8, 4) is 0 Å². The van der Waals surface area contributed by atoms with Crippen molar-refractivity contribution in [1.29, 1.82) is 0 Å². The molecule has 2 heterocycles. The number of morpholine rings is 1. The van der Waals surface area contributed by atoms with Crippen LogP contribution in [-0.2, 0) is 14.3 Å². The number of nitrogens with zero attached hydrogens (tertiary/aromatic N) is 1. The molecule has 15 heavy (non-hydrogen) atoms. The smallest absolute Gasteiger partial charge is 0.329 e. The van der Waals surface area contributed by atoms with E-state index >= 15 is 0 Å². The second kappa shape index (κ2) is 3.22. The molecule has 2 aliphatic rings. The van der Waals surface area contributed by atoms with Gasteiger partial charge in [0, 0.05) is 12.0 Å². The van der Waals surface area contributed by atoms with Gasteiger partial charge in [0.2, 0.25) is 0 Å². The van der Waals surface area contributed by atoms with E-state index in [1.807, 2.05) is 20.8 Å². The number of cyclic esters (lactones) is 1. The third-order valence-electron chi connectivity index (χ3n) is 3.05. The summed E-state index contributed by atoms with van der Waals surface area (Å²) in [4.78, 5) is 25.4. The van der Waals surface area contributed by atoms with Gasteiger partial charge < -0.3 is 9.64 Å². The van der Waals surface area contributed by atoms with Gasteiger partial charge in [-0.25, -0.2) is 4.79 Å². The van der Waals surface area contributed by atoms with Crippen molar-refractivity contribution in [2.45, 2.75) is 45.8 Å². The lowest BCUT2D eigenvalue weighted by molar-refractivity contribution is -0.183. The van der Waals surface area contributed by atoms with E-state index in [0.717, 1.165) is 12.8 Å². The molecule has 2 aliphatic heterocycles. The van der Waals surface area contributed by atoms with E-state index in [1.54, 1.807) is 4.90 Å². The van der Waals surface area contributed by atoms with E-state index in [-0.39, 0.29) is 23.3 Å². The van der Waals surface area contributed by atoms with Gasteiger partial charge in [-0.05, 0) is 12.8 Å². The van der Waals surface area contributed by atoms with Gasteiger partial charge in [-0.1, -0.05) is 20.8 Å². The Bertz CT molecular complexity index is 305. The summed E-state index contributed by atoms with van der Waals surface area (Å²) in [6.07, 6.45) is 1.04. The van der Waals surface area contributed by atoms with Crippen LogP contribution in [0.2, 0.25) is 0 Å². The first-order valence-electron chi connectivity index (χ1n) is 5.42. The number of fused-ring (bicyclic) bond motifs is 1. The topological polar surface area (TPSA) is 46.6 Å². The maximum Gasteiger partial charge on any atom is 0.329 e. The molecule has 0 aromatic rings. The maximum atomic E-state index is 12.0. The van der Waals surface area contributed by atoms with Gasteiger partial charge in [0.1, 0.15) is 6.04 Å². The van der Waals surface area contributed by atoms with Crippen LogP contribution >= 0.6 is 0 Å². The summed E-state index contributed by atoms with van der Waals surface area (Å²) in [7, 11) is 0. The fourth-order valence-corrected chi connectivity index (χ4v) is 2.22. The average Bonchev–Trinajstić information content (AvgIpc) is 2.58. The van der Waals surface area contributed by atoms with Gasteiger partial charge >= 0.3 is 5.97 Å². The predicted molar refractivity (Wildman–Crippen MR) is 54.1 cm³/mol. The molecular weight excluding hydrogens is 194 g/mol. The third-order valence-corrected chi connectivity index (χ3v) is 3.05. The highest BCUT2D eigenvalue weighted by Gasteiger charge is 2.48. The van der Waals surface area contributed by atoms with E-state index < -0.39 is 6.10 Å². The first kappa shape index (κ1) is 10.5. The minimum Gasteiger partial charge on any atom is -0.450 e. The van der Waals surface area contributed by atoms with E-state index in [4.69, 9.17) is 4.74 Å². The zero-order chi connectivity index (χ0) is 11.2. The molecule has 0 spiro atoms. The Labute approximate surface area is 89.6 Å². The van der Waals surface area contributed by atoms with Crippen molar-refractivity contribution in [2.24, 2.45) is 5.41 Å². The molecule has 2 fully saturated rings. The molecule has 84 valence electrons. The number of ether oxygens (including phenoxy) is 1. The van der Waals surface area contributed by atoms with Crippen LogP contribution in [0.3, 0.4) is 0 Å². The van der Waals surface area contributed by atoms with E-state index in [1.165, 1.54) is 0 Å². The van der Waals surface area contributed by atoms with Crippen LogP contribution in [0.4, 0.5) is 0 Å². The summed E-state index contributed by atoms with van der Waals surface area (Å²) in [6.45, 7) is 6.45. The molecule has 0 aromatic carbocycles. The lowest BCUT2D eigenvalue weighted by Gasteiger charge is -2.39. The molecule has 0 aromatic heterocycles. The zero-order valence-electron chi connectivity index (χ0n) is 9.45. The summed E-state index contributed by atoms with van der Waals surface area (Å²) in [6, 6.07) is -0.309. The molecule has 0 radical (unpaired) electrons. The molecule has 1 amide bonds. The van der Waals surface area contributed by atoms with Gasteiger partial charge in [-0.3, -0.25) is 4.79 Å². The quantitative estimate of drug-likeness (QED) is 0.560. The number of esters is 1. The Balaban J connectivity index is 2.25. The number of hydrogen-bond donors (Lipinski definition) is 0. The zero-order valence-corrected chi connectivity index (χ0v) is 9.45. The number of amides is 1. The molecule has 0 N–H and O–H groups in total. The molecule has 2 rings (SSSR count). The minimum absolute atomic E-state index is 0.0235. The highest BCUT2D eigenvalue weighted by atomic mass is 16.6. The normalized spacial score (nSPS) is 31.5. The Morgan fingerprint density at radius 3 is 2.60 bits per heavy atom. The molecule has 4 heteroatoms. The minimum atomic E-state index is -0.612. The van der Waals surface area contributed by atoms with Crippen LogP contribution in [0.5, 0.6) is 0 Å². The number of carbonyl (C=O) groups excluding carboxylic acids is 2. The van der Waals surface area contributed by atoms with Crippen LogP contribution < -0.4 is 0 Å². The predicted octanol–water partition coefficient (Wildman–Crippen LogP) is 0.949. The summed E-state index contributed by atoms with van der Waals surface area (Å²) < 4.78 is 5.25. The average molecular weight is 211 g/mol. The van der Waals surface area contributed by atoms with E-state index in [9.17, 15) is 9.59 Å². The van der Waals surface area contributed by atoms with Crippen molar-refractivity contribution >= 4 is 11.9 Å². The molecule has 2 saturated heterocycles. The molecule has 4 nitrogen and oxygen atoms in total. The number of carbonyl (C=O) groups is 2. The summed E-state index contributed by atoms with van der Waals surface area (Å²) in [5, 5.41) is 0. The fourth-order valence-electron chi connectivity index (χ4n) is 2.22. The summed E-state index contributed by atoms with van der Waals surface area (Å²) in [5.74, 6) is -0.253. The first-order valence-corrected chi connectivity index (χ1v) is 5.42. The third kappa shape index (κ3) is 1.62. The lowest BCUT2D eigenvalue weighted by Crippen LogP contribution is -2.57. The van der Waals surface area contributed by atoms with Crippen molar-refractivity contribution in [2.75, 3.05) is 6.54 Å². The summed E-state index contributed by atoms with van der Waals surface area (Å²) >= 11 is 0. The van der Waals surface area contributed by atoms with Crippen LogP contribution in [0.1, 0.15) is 33.6 Å². The Hall–Kier alpha value is -1.06. The Kier molecular flexibility index (Phi) is 2.24. The molecule has 2 atom stereocenters. The molecule has 0 saturated carbocycles. The van der Waals surface area contributed by atoms with Crippen molar-refractivity contribution < 1.29 is 14.3 Å². The fraction of sp³-hybridized carbons (Fsp3) is 0.818. The van der Waals surface area contributed by atoms with Gasteiger partial charge in [0.05, 0.1) is 0 Å². The second-order valence-corrected chi connectivity index (χ2v) is 5.37. The molecular formula is C11H17NO3. The molecule has 0 unspecified atom stereocenters. The van der Waals surface area contributed by atoms with Crippen LogP contribution in [0.25, 0.3) is 0 Å².